The minimum atomic E-state index is -3.59. The third-order valence-corrected chi connectivity index (χ3v) is 4.70. The summed E-state index contributed by atoms with van der Waals surface area (Å²) in [7, 11) is -2.00. The fraction of sp³-hybridized carbons (Fsp3) is 0.250. The van der Waals surface area contributed by atoms with Gasteiger partial charge in [-0.15, -0.1) is 0 Å². The number of rotatable bonds is 8. The number of hydrogen-bond donors (Lipinski definition) is 1. The highest BCUT2D eigenvalue weighted by atomic mass is 35.5. The second kappa shape index (κ2) is 8.31. The maximum Gasteiger partial charge on any atom is 0.240 e. The van der Waals surface area contributed by atoms with E-state index in [4.69, 9.17) is 21.1 Å². The van der Waals surface area contributed by atoms with Gasteiger partial charge in [-0.05, 0) is 42.0 Å². The summed E-state index contributed by atoms with van der Waals surface area (Å²) >= 11 is 5.88. The lowest BCUT2D eigenvalue weighted by molar-refractivity contribution is 0.146. The summed E-state index contributed by atoms with van der Waals surface area (Å²) in [5.74, 6) is 0.593. The summed E-state index contributed by atoms with van der Waals surface area (Å²) in [4.78, 5) is 0.179. The summed E-state index contributed by atoms with van der Waals surface area (Å²) < 4.78 is 37.3. The second-order valence-corrected chi connectivity index (χ2v) is 6.97. The highest BCUT2D eigenvalue weighted by Gasteiger charge is 2.13. The van der Waals surface area contributed by atoms with E-state index in [9.17, 15) is 8.42 Å². The van der Waals surface area contributed by atoms with Gasteiger partial charge in [0.2, 0.25) is 10.0 Å². The first-order valence-corrected chi connectivity index (χ1v) is 8.83. The molecule has 23 heavy (non-hydrogen) atoms. The minimum absolute atomic E-state index is 0.176. The van der Waals surface area contributed by atoms with Crippen LogP contribution in [-0.2, 0) is 21.3 Å². The van der Waals surface area contributed by atoms with Crippen molar-refractivity contribution >= 4 is 21.6 Å². The SMILES string of the molecule is COCCOc1ccc(S(=O)(=O)NCc2cccc(Cl)c2)cc1. The van der Waals surface area contributed by atoms with Gasteiger partial charge in [0.25, 0.3) is 0 Å². The second-order valence-electron chi connectivity index (χ2n) is 4.77. The highest BCUT2D eigenvalue weighted by Crippen LogP contribution is 2.17. The Balaban J connectivity index is 1.98. The number of halogens is 1. The average Bonchev–Trinajstić information content (AvgIpc) is 2.54. The van der Waals surface area contributed by atoms with Crippen LogP contribution in [0.4, 0.5) is 0 Å². The van der Waals surface area contributed by atoms with E-state index in [1.807, 2.05) is 0 Å². The smallest absolute Gasteiger partial charge is 0.240 e. The third-order valence-electron chi connectivity index (χ3n) is 3.05. The summed E-state index contributed by atoms with van der Waals surface area (Å²) in [5.41, 5.74) is 0.792. The molecular formula is C16H18ClNO4S. The molecule has 124 valence electrons. The molecule has 0 amide bonds. The van der Waals surface area contributed by atoms with E-state index in [2.05, 4.69) is 4.72 Å². The summed E-state index contributed by atoms with van der Waals surface area (Å²) in [6, 6.07) is 13.3. The van der Waals surface area contributed by atoms with Crippen LogP contribution >= 0.6 is 11.6 Å². The third kappa shape index (κ3) is 5.51. The molecule has 0 fully saturated rings. The van der Waals surface area contributed by atoms with Crippen LogP contribution in [0.1, 0.15) is 5.56 Å². The lowest BCUT2D eigenvalue weighted by Gasteiger charge is -2.09. The lowest BCUT2D eigenvalue weighted by atomic mass is 10.2. The number of methoxy groups -OCH3 is 1. The molecule has 0 aliphatic heterocycles. The molecule has 0 unspecified atom stereocenters. The predicted molar refractivity (Wildman–Crippen MR) is 89.3 cm³/mol. The molecule has 7 heteroatoms. The standard InChI is InChI=1S/C16H18ClNO4S/c1-21-9-10-22-15-5-7-16(8-6-15)23(19,20)18-12-13-3-2-4-14(17)11-13/h2-8,11,18H,9-10,12H2,1H3. The Morgan fingerprint density at radius 3 is 2.48 bits per heavy atom. The van der Waals surface area contributed by atoms with Crippen LogP contribution < -0.4 is 9.46 Å². The molecule has 0 spiro atoms. The highest BCUT2D eigenvalue weighted by molar-refractivity contribution is 7.89. The minimum Gasteiger partial charge on any atom is -0.491 e. The van der Waals surface area contributed by atoms with E-state index < -0.39 is 10.0 Å². The molecule has 0 heterocycles. The van der Waals surface area contributed by atoms with Gasteiger partial charge >= 0.3 is 0 Å². The van der Waals surface area contributed by atoms with Crippen molar-refractivity contribution in [3.05, 3.63) is 59.1 Å². The Morgan fingerprint density at radius 1 is 1.09 bits per heavy atom. The maximum absolute atomic E-state index is 12.3. The van der Waals surface area contributed by atoms with Gasteiger partial charge in [0.15, 0.2) is 0 Å². The van der Waals surface area contributed by atoms with Crippen LogP contribution in [0.15, 0.2) is 53.4 Å². The van der Waals surface area contributed by atoms with E-state index >= 15 is 0 Å². The van der Waals surface area contributed by atoms with Crippen molar-refractivity contribution in [1.82, 2.24) is 4.72 Å². The number of benzene rings is 2. The molecular weight excluding hydrogens is 338 g/mol. The van der Waals surface area contributed by atoms with Gasteiger partial charge < -0.3 is 9.47 Å². The Hall–Kier alpha value is -1.60. The Kier molecular flexibility index (Phi) is 6.41. The first kappa shape index (κ1) is 17.7. The van der Waals surface area contributed by atoms with Crippen molar-refractivity contribution in [1.29, 1.82) is 0 Å². The number of hydrogen-bond acceptors (Lipinski definition) is 4. The maximum atomic E-state index is 12.3. The van der Waals surface area contributed by atoms with Crippen molar-refractivity contribution in [2.24, 2.45) is 0 Å². The zero-order valence-corrected chi connectivity index (χ0v) is 14.2. The molecule has 1 N–H and O–H groups in total. The number of nitrogens with one attached hydrogen (secondary N) is 1. The molecule has 0 atom stereocenters. The van der Waals surface area contributed by atoms with E-state index in [0.717, 1.165) is 5.56 Å². The molecule has 0 saturated carbocycles. The fourth-order valence-electron chi connectivity index (χ4n) is 1.87. The van der Waals surface area contributed by atoms with Crippen molar-refractivity contribution in [2.45, 2.75) is 11.4 Å². The average molecular weight is 356 g/mol. The molecule has 2 rings (SSSR count). The topological polar surface area (TPSA) is 64.6 Å². The van der Waals surface area contributed by atoms with Crippen LogP contribution in [0.5, 0.6) is 5.75 Å². The van der Waals surface area contributed by atoms with Crippen LogP contribution in [-0.4, -0.2) is 28.7 Å². The van der Waals surface area contributed by atoms with Gasteiger partial charge in [0, 0.05) is 18.7 Å². The van der Waals surface area contributed by atoms with Crippen molar-refractivity contribution in [2.75, 3.05) is 20.3 Å². The predicted octanol–water partition coefficient (Wildman–Crippen LogP) is 2.84. The quantitative estimate of drug-likeness (QED) is 0.739. The first-order valence-electron chi connectivity index (χ1n) is 6.97. The van der Waals surface area contributed by atoms with Crippen LogP contribution in [0.2, 0.25) is 5.02 Å². The summed E-state index contributed by atoms with van der Waals surface area (Å²) in [5, 5.41) is 0.569. The molecule has 0 aliphatic rings. The molecule has 2 aromatic rings. The van der Waals surface area contributed by atoms with Gasteiger partial charge in [-0.25, -0.2) is 13.1 Å². The van der Waals surface area contributed by atoms with Crippen LogP contribution in [0, 0.1) is 0 Å². The number of ether oxygens (including phenoxy) is 2. The van der Waals surface area contributed by atoms with Gasteiger partial charge in [-0.3, -0.25) is 0 Å². The van der Waals surface area contributed by atoms with Gasteiger partial charge in [-0.1, -0.05) is 23.7 Å². The zero-order valence-electron chi connectivity index (χ0n) is 12.7. The van der Waals surface area contributed by atoms with Crippen LogP contribution in [0.3, 0.4) is 0 Å². The molecule has 0 saturated heterocycles. The molecule has 0 radical (unpaired) electrons. The largest absolute Gasteiger partial charge is 0.491 e. The number of sulfonamides is 1. The summed E-state index contributed by atoms with van der Waals surface area (Å²) in [6.07, 6.45) is 0. The van der Waals surface area contributed by atoms with E-state index in [-0.39, 0.29) is 11.4 Å². The van der Waals surface area contributed by atoms with Gasteiger partial charge in [0.1, 0.15) is 12.4 Å². The molecule has 0 aliphatic carbocycles. The fourth-order valence-corrected chi connectivity index (χ4v) is 3.10. The van der Waals surface area contributed by atoms with Crippen molar-refractivity contribution in [3.63, 3.8) is 0 Å². The van der Waals surface area contributed by atoms with Crippen molar-refractivity contribution in [3.8, 4) is 5.75 Å². The molecule has 0 aromatic heterocycles. The molecule has 0 bridgehead atoms. The normalized spacial score (nSPS) is 11.4. The van der Waals surface area contributed by atoms with Crippen LogP contribution in [0.25, 0.3) is 0 Å². The lowest BCUT2D eigenvalue weighted by Crippen LogP contribution is -2.23. The van der Waals surface area contributed by atoms with E-state index in [1.165, 1.54) is 12.1 Å². The summed E-state index contributed by atoms with van der Waals surface area (Å²) in [6.45, 7) is 1.06. The Morgan fingerprint density at radius 2 is 1.83 bits per heavy atom. The molecule has 2 aromatic carbocycles. The first-order chi connectivity index (χ1) is 11.0. The van der Waals surface area contributed by atoms with E-state index in [0.29, 0.717) is 24.0 Å². The monoisotopic (exact) mass is 355 g/mol. The molecule has 5 nitrogen and oxygen atoms in total. The Labute approximate surface area is 141 Å². The Bertz CT molecular complexity index is 732. The van der Waals surface area contributed by atoms with E-state index in [1.54, 1.807) is 43.5 Å². The van der Waals surface area contributed by atoms with Gasteiger partial charge in [0.05, 0.1) is 11.5 Å². The zero-order chi connectivity index (χ0) is 16.7. The van der Waals surface area contributed by atoms with Crippen molar-refractivity contribution < 1.29 is 17.9 Å². The van der Waals surface area contributed by atoms with Gasteiger partial charge in [-0.2, -0.15) is 0 Å².